The van der Waals surface area contributed by atoms with Crippen LogP contribution in [-0.4, -0.2) is 24.8 Å². The van der Waals surface area contributed by atoms with Gasteiger partial charge in [0.25, 0.3) is 0 Å². The molecule has 2 aliphatic rings. The molecule has 0 spiro atoms. The Morgan fingerprint density at radius 1 is 1.53 bits per heavy atom. The zero-order chi connectivity index (χ0) is 10.8. The minimum atomic E-state index is -0.279. The minimum Gasteiger partial charge on any atom is -0.462 e. The SMILES string of the molecule is C=C(C)C(=O)OCCC1CC2CC[C@@H]1O2. The average molecular weight is 210 g/mol. The molecular weight excluding hydrogens is 192 g/mol. The summed E-state index contributed by atoms with van der Waals surface area (Å²) in [6.45, 7) is 5.72. The number of fused-ring (bicyclic) bond motifs is 2. The average Bonchev–Trinajstić information content (AvgIpc) is 2.78. The Morgan fingerprint density at radius 3 is 2.87 bits per heavy atom. The lowest BCUT2D eigenvalue weighted by molar-refractivity contribution is -0.139. The molecule has 2 saturated heterocycles. The van der Waals surface area contributed by atoms with Crippen molar-refractivity contribution in [2.24, 2.45) is 5.92 Å². The van der Waals surface area contributed by atoms with Gasteiger partial charge in [-0.3, -0.25) is 0 Å². The van der Waals surface area contributed by atoms with Gasteiger partial charge in [-0.25, -0.2) is 4.79 Å². The molecule has 3 atom stereocenters. The summed E-state index contributed by atoms with van der Waals surface area (Å²) in [6.07, 6.45) is 5.39. The number of hydrogen-bond acceptors (Lipinski definition) is 3. The van der Waals surface area contributed by atoms with E-state index in [9.17, 15) is 4.79 Å². The second kappa shape index (κ2) is 4.35. The van der Waals surface area contributed by atoms with Crippen molar-refractivity contribution in [2.45, 2.75) is 44.8 Å². The van der Waals surface area contributed by atoms with Crippen LogP contribution >= 0.6 is 0 Å². The van der Waals surface area contributed by atoms with Crippen LogP contribution < -0.4 is 0 Å². The van der Waals surface area contributed by atoms with E-state index in [1.807, 2.05) is 0 Å². The van der Waals surface area contributed by atoms with Crippen molar-refractivity contribution in [1.82, 2.24) is 0 Å². The molecule has 84 valence electrons. The van der Waals surface area contributed by atoms with Crippen LogP contribution in [0.25, 0.3) is 0 Å². The first-order chi connectivity index (χ1) is 7.16. The molecule has 2 heterocycles. The Hall–Kier alpha value is -0.830. The van der Waals surface area contributed by atoms with Gasteiger partial charge in [-0.1, -0.05) is 6.58 Å². The van der Waals surface area contributed by atoms with E-state index in [-0.39, 0.29) is 5.97 Å². The molecule has 2 unspecified atom stereocenters. The molecule has 0 aromatic carbocycles. The number of rotatable bonds is 4. The lowest BCUT2D eigenvalue weighted by atomic mass is 9.87. The lowest BCUT2D eigenvalue weighted by Crippen LogP contribution is -2.19. The summed E-state index contributed by atoms with van der Waals surface area (Å²) in [5.74, 6) is 0.320. The summed E-state index contributed by atoms with van der Waals surface area (Å²) in [5.41, 5.74) is 0.471. The fraction of sp³-hybridized carbons (Fsp3) is 0.750. The van der Waals surface area contributed by atoms with Crippen LogP contribution in [0.3, 0.4) is 0 Å². The fourth-order valence-electron chi connectivity index (χ4n) is 2.47. The molecule has 2 bridgehead atoms. The molecule has 0 N–H and O–H groups in total. The van der Waals surface area contributed by atoms with Crippen molar-refractivity contribution in [1.29, 1.82) is 0 Å². The smallest absolute Gasteiger partial charge is 0.333 e. The molecule has 0 aromatic heterocycles. The molecule has 3 nitrogen and oxygen atoms in total. The van der Waals surface area contributed by atoms with Crippen molar-refractivity contribution >= 4 is 5.97 Å². The van der Waals surface area contributed by atoms with E-state index < -0.39 is 0 Å². The first kappa shape index (κ1) is 10.7. The van der Waals surface area contributed by atoms with Crippen LogP contribution in [0, 0.1) is 5.92 Å². The number of carbonyl (C=O) groups is 1. The maximum atomic E-state index is 11.1. The van der Waals surface area contributed by atoms with E-state index in [1.165, 1.54) is 12.8 Å². The molecular formula is C12H18O3. The standard InChI is InChI=1S/C12H18O3/c1-8(2)12(13)14-6-5-9-7-10-3-4-11(9)15-10/h9-11H,1,3-7H2,2H3/t9?,10?,11-/m0/s1. The third kappa shape index (κ3) is 2.40. The monoisotopic (exact) mass is 210 g/mol. The van der Waals surface area contributed by atoms with E-state index >= 15 is 0 Å². The van der Waals surface area contributed by atoms with Gasteiger partial charge in [0.05, 0.1) is 18.8 Å². The predicted molar refractivity (Wildman–Crippen MR) is 56.4 cm³/mol. The van der Waals surface area contributed by atoms with Crippen LogP contribution in [0.5, 0.6) is 0 Å². The highest BCUT2D eigenvalue weighted by Crippen LogP contribution is 2.40. The number of esters is 1. The van der Waals surface area contributed by atoms with E-state index in [1.54, 1.807) is 6.92 Å². The van der Waals surface area contributed by atoms with Crippen LogP contribution in [-0.2, 0) is 14.3 Å². The van der Waals surface area contributed by atoms with Gasteiger partial charge >= 0.3 is 5.97 Å². The maximum Gasteiger partial charge on any atom is 0.333 e. The van der Waals surface area contributed by atoms with Gasteiger partial charge in [0.2, 0.25) is 0 Å². The second-order valence-electron chi connectivity index (χ2n) is 4.57. The third-order valence-corrected chi connectivity index (χ3v) is 3.30. The first-order valence-electron chi connectivity index (χ1n) is 5.65. The number of hydrogen-bond donors (Lipinski definition) is 0. The zero-order valence-corrected chi connectivity index (χ0v) is 9.20. The summed E-state index contributed by atoms with van der Waals surface area (Å²) in [4.78, 5) is 11.1. The highest BCUT2D eigenvalue weighted by molar-refractivity contribution is 5.86. The summed E-state index contributed by atoms with van der Waals surface area (Å²) in [7, 11) is 0. The van der Waals surface area contributed by atoms with E-state index in [2.05, 4.69) is 6.58 Å². The van der Waals surface area contributed by atoms with Crippen LogP contribution in [0.2, 0.25) is 0 Å². The third-order valence-electron chi connectivity index (χ3n) is 3.30. The van der Waals surface area contributed by atoms with Crippen molar-refractivity contribution in [3.63, 3.8) is 0 Å². The Kier molecular flexibility index (Phi) is 3.10. The molecule has 15 heavy (non-hydrogen) atoms. The highest BCUT2D eigenvalue weighted by atomic mass is 16.5. The van der Waals surface area contributed by atoms with Crippen molar-refractivity contribution < 1.29 is 14.3 Å². The van der Waals surface area contributed by atoms with Crippen LogP contribution in [0.1, 0.15) is 32.6 Å². The molecule has 0 radical (unpaired) electrons. The molecule has 2 aliphatic heterocycles. The van der Waals surface area contributed by atoms with Gasteiger partial charge in [-0.15, -0.1) is 0 Å². The van der Waals surface area contributed by atoms with Gasteiger partial charge in [-0.05, 0) is 38.5 Å². The quantitative estimate of drug-likeness (QED) is 0.526. The Labute approximate surface area is 90.4 Å². The zero-order valence-electron chi connectivity index (χ0n) is 9.20. The summed E-state index contributed by atoms with van der Waals surface area (Å²) < 4.78 is 10.8. The van der Waals surface area contributed by atoms with E-state index in [0.717, 1.165) is 12.8 Å². The summed E-state index contributed by atoms with van der Waals surface area (Å²) in [5, 5.41) is 0. The van der Waals surface area contributed by atoms with Crippen molar-refractivity contribution in [2.75, 3.05) is 6.61 Å². The van der Waals surface area contributed by atoms with E-state index in [0.29, 0.717) is 30.3 Å². The largest absolute Gasteiger partial charge is 0.462 e. The molecule has 2 rings (SSSR count). The summed E-state index contributed by atoms with van der Waals surface area (Å²) in [6, 6.07) is 0. The number of ether oxygens (including phenoxy) is 2. The molecule has 0 aromatic rings. The molecule has 2 fully saturated rings. The molecule has 3 heteroatoms. The second-order valence-corrected chi connectivity index (χ2v) is 4.57. The van der Waals surface area contributed by atoms with Crippen molar-refractivity contribution in [3.05, 3.63) is 12.2 Å². The normalized spacial score (nSPS) is 33.0. The highest BCUT2D eigenvalue weighted by Gasteiger charge is 2.40. The molecule has 0 amide bonds. The molecule has 0 saturated carbocycles. The van der Waals surface area contributed by atoms with Crippen LogP contribution in [0.4, 0.5) is 0 Å². The van der Waals surface area contributed by atoms with Gasteiger partial charge in [-0.2, -0.15) is 0 Å². The maximum absolute atomic E-state index is 11.1. The Bertz CT molecular complexity index is 272. The van der Waals surface area contributed by atoms with Gasteiger partial charge < -0.3 is 9.47 Å². The Morgan fingerprint density at radius 2 is 2.33 bits per heavy atom. The van der Waals surface area contributed by atoms with Gasteiger partial charge in [0, 0.05) is 5.57 Å². The van der Waals surface area contributed by atoms with E-state index in [4.69, 9.17) is 9.47 Å². The number of carbonyl (C=O) groups excluding carboxylic acids is 1. The van der Waals surface area contributed by atoms with Crippen LogP contribution in [0.15, 0.2) is 12.2 Å². The lowest BCUT2D eigenvalue weighted by Gasteiger charge is -2.17. The first-order valence-corrected chi connectivity index (χ1v) is 5.65. The van der Waals surface area contributed by atoms with Gasteiger partial charge in [0.1, 0.15) is 0 Å². The Balaban J connectivity index is 1.67. The topological polar surface area (TPSA) is 35.5 Å². The minimum absolute atomic E-state index is 0.279. The van der Waals surface area contributed by atoms with Gasteiger partial charge in [0.15, 0.2) is 0 Å². The summed E-state index contributed by atoms with van der Waals surface area (Å²) >= 11 is 0. The fourth-order valence-corrected chi connectivity index (χ4v) is 2.47. The molecule has 0 aliphatic carbocycles. The predicted octanol–water partition coefficient (Wildman–Crippen LogP) is 2.06. The van der Waals surface area contributed by atoms with Crippen molar-refractivity contribution in [3.8, 4) is 0 Å².